The van der Waals surface area contributed by atoms with Gasteiger partial charge >= 0.3 is 6.03 Å². The molecule has 6 nitrogen and oxygen atoms in total. The molecule has 0 radical (unpaired) electrons. The third kappa shape index (κ3) is 4.09. The SMILES string of the molecule is Cl.Cl.NC(=O)Nc1c(Cl)c([C@H]2CCCN2)nn1-c1ccccc1. The van der Waals surface area contributed by atoms with Gasteiger partial charge in [-0.25, -0.2) is 9.48 Å². The first-order valence-corrected chi connectivity index (χ1v) is 7.18. The molecule has 1 saturated heterocycles. The zero-order chi connectivity index (χ0) is 14.8. The van der Waals surface area contributed by atoms with Crippen molar-refractivity contribution in [3.63, 3.8) is 0 Å². The van der Waals surface area contributed by atoms with E-state index in [4.69, 9.17) is 17.3 Å². The van der Waals surface area contributed by atoms with E-state index in [-0.39, 0.29) is 30.9 Å². The van der Waals surface area contributed by atoms with Crippen molar-refractivity contribution in [3.8, 4) is 5.69 Å². The maximum Gasteiger partial charge on any atom is 0.317 e. The fourth-order valence-corrected chi connectivity index (χ4v) is 2.83. The molecular weight excluding hydrogens is 361 g/mol. The molecule has 1 aromatic heterocycles. The number of hydrogen-bond acceptors (Lipinski definition) is 3. The van der Waals surface area contributed by atoms with Crippen LogP contribution >= 0.6 is 36.4 Å². The van der Waals surface area contributed by atoms with Gasteiger partial charge < -0.3 is 11.1 Å². The Morgan fingerprint density at radius 3 is 2.61 bits per heavy atom. The topological polar surface area (TPSA) is 85.0 Å². The van der Waals surface area contributed by atoms with E-state index in [1.807, 2.05) is 30.3 Å². The molecule has 0 aliphatic carbocycles. The molecule has 9 heteroatoms. The van der Waals surface area contributed by atoms with Crippen LogP contribution in [0.3, 0.4) is 0 Å². The maximum atomic E-state index is 11.2. The van der Waals surface area contributed by atoms with Crippen LogP contribution in [-0.4, -0.2) is 22.4 Å². The van der Waals surface area contributed by atoms with Crippen LogP contribution in [0.5, 0.6) is 0 Å². The van der Waals surface area contributed by atoms with Crippen LogP contribution in [0.1, 0.15) is 24.6 Å². The summed E-state index contributed by atoms with van der Waals surface area (Å²) in [6.07, 6.45) is 2.05. The average molecular weight is 379 g/mol. The van der Waals surface area contributed by atoms with Gasteiger partial charge in [-0.15, -0.1) is 24.8 Å². The number of hydrogen-bond donors (Lipinski definition) is 3. The minimum atomic E-state index is -0.667. The van der Waals surface area contributed by atoms with Crippen molar-refractivity contribution in [2.24, 2.45) is 5.73 Å². The van der Waals surface area contributed by atoms with Gasteiger partial charge in [-0.3, -0.25) is 5.32 Å². The van der Waals surface area contributed by atoms with Gasteiger partial charge in [0.2, 0.25) is 0 Å². The molecule has 1 aliphatic rings. The summed E-state index contributed by atoms with van der Waals surface area (Å²) < 4.78 is 1.61. The van der Waals surface area contributed by atoms with Crippen molar-refractivity contribution in [2.75, 3.05) is 11.9 Å². The Kier molecular flexibility index (Phi) is 7.15. The smallest absolute Gasteiger partial charge is 0.317 e. The Balaban J connectivity index is 0.00000132. The van der Waals surface area contributed by atoms with Crippen LogP contribution in [-0.2, 0) is 0 Å². The largest absolute Gasteiger partial charge is 0.351 e. The molecule has 23 heavy (non-hydrogen) atoms. The van der Waals surface area contributed by atoms with Gasteiger partial charge in [0.25, 0.3) is 0 Å². The number of carbonyl (C=O) groups excluding carboxylic acids is 1. The highest BCUT2D eigenvalue weighted by molar-refractivity contribution is 6.34. The van der Waals surface area contributed by atoms with E-state index in [0.29, 0.717) is 10.8 Å². The van der Waals surface area contributed by atoms with Gasteiger partial charge in [-0.05, 0) is 31.5 Å². The number of carbonyl (C=O) groups is 1. The van der Waals surface area contributed by atoms with Crippen LogP contribution in [0, 0.1) is 0 Å². The number of nitrogens with zero attached hydrogens (tertiary/aromatic N) is 2. The number of anilines is 1. The fraction of sp³-hybridized carbons (Fsp3) is 0.286. The second kappa shape index (κ2) is 8.40. The summed E-state index contributed by atoms with van der Waals surface area (Å²) in [5, 5.41) is 10.9. The van der Waals surface area contributed by atoms with E-state index in [9.17, 15) is 4.79 Å². The maximum absolute atomic E-state index is 11.2. The normalized spacial score (nSPS) is 16.3. The van der Waals surface area contributed by atoms with Crippen LogP contribution < -0.4 is 16.4 Å². The Bertz CT molecular complexity index is 656. The standard InChI is InChI=1S/C14H16ClN5O.2ClH/c15-11-12(10-7-4-8-17-10)19-20(13(11)18-14(16)21)9-5-2-1-3-6-9;;/h1-3,5-6,10,17H,4,7-8H2,(H3,16,18,21);2*1H/t10-;;/m1../s1. The highest BCUT2D eigenvalue weighted by Gasteiger charge is 2.26. The summed E-state index contributed by atoms with van der Waals surface area (Å²) >= 11 is 6.41. The van der Waals surface area contributed by atoms with Crippen LogP contribution in [0.15, 0.2) is 30.3 Å². The highest BCUT2D eigenvalue weighted by atomic mass is 35.5. The first-order valence-electron chi connectivity index (χ1n) is 6.80. The monoisotopic (exact) mass is 377 g/mol. The predicted molar refractivity (Wildman–Crippen MR) is 96.3 cm³/mol. The summed E-state index contributed by atoms with van der Waals surface area (Å²) in [6.45, 7) is 0.942. The number of halogens is 3. The summed E-state index contributed by atoms with van der Waals surface area (Å²) in [4.78, 5) is 11.2. The number of rotatable bonds is 3. The van der Waals surface area contributed by atoms with Crippen LogP contribution in [0.2, 0.25) is 5.02 Å². The zero-order valence-corrected chi connectivity index (χ0v) is 14.5. The molecule has 2 amide bonds. The Hall–Kier alpha value is -1.47. The van der Waals surface area contributed by atoms with Crippen molar-refractivity contribution >= 4 is 48.3 Å². The molecule has 3 rings (SSSR count). The minimum absolute atomic E-state index is 0. The highest BCUT2D eigenvalue weighted by Crippen LogP contribution is 2.35. The van der Waals surface area contributed by atoms with E-state index in [0.717, 1.165) is 30.8 Å². The van der Waals surface area contributed by atoms with Crippen LogP contribution in [0.4, 0.5) is 10.6 Å². The van der Waals surface area contributed by atoms with Crippen molar-refractivity contribution in [2.45, 2.75) is 18.9 Å². The molecule has 126 valence electrons. The molecular formula is C14H18Cl3N5O. The summed E-state index contributed by atoms with van der Waals surface area (Å²) in [5.41, 5.74) is 6.79. The number of nitrogens with two attached hydrogens (primary N) is 1. The number of nitrogens with one attached hydrogen (secondary N) is 2. The second-order valence-electron chi connectivity index (χ2n) is 4.93. The van der Waals surface area contributed by atoms with Crippen LogP contribution in [0.25, 0.3) is 5.69 Å². The first kappa shape index (κ1) is 19.6. The quantitative estimate of drug-likeness (QED) is 0.766. The summed E-state index contributed by atoms with van der Waals surface area (Å²) in [6, 6.07) is 8.92. The van der Waals surface area contributed by atoms with Gasteiger partial charge in [0, 0.05) is 0 Å². The average Bonchev–Trinajstić information content (AvgIpc) is 3.09. The zero-order valence-electron chi connectivity index (χ0n) is 12.2. The lowest BCUT2D eigenvalue weighted by molar-refractivity contribution is 0.259. The summed E-state index contributed by atoms with van der Waals surface area (Å²) in [5.74, 6) is 0.402. The minimum Gasteiger partial charge on any atom is -0.351 e. The molecule has 1 atom stereocenters. The fourth-order valence-electron chi connectivity index (χ4n) is 2.54. The summed E-state index contributed by atoms with van der Waals surface area (Å²) in [7, 11) is 0. The third-order valence-electron chi connectivity index (χ3n) is 3.49. The van der Waals surface area contributed by atoms with E-state index < -0.39 is 6.03 Å². The Morgan fingerprint density at radius 2 is 2.04 bits per heavy atom. The lowest BCUT2D eigenvalue weighted by Crippen LogP contribution is -2.21. The lowest BCUT2D eigenvalue weighted by atomic mass is 10.1. The molecule has 0 unspecified atom stereocenters. The molecule has 2 heterocycles. The van der Waals surface area contributed by atoms with Gasteiger partial charge in [0.15, 0.2) is 5.82 Å². The number of para-hydroxylation sites is 1. The first-order chi connectivity index (χ1) is 10.2. The van der Waals surface area contributed by atoms with Gasteiger partial charge in [0.05, 0.1) is 11.7 Å². The molecule has 0 saturated carbocycles. The van der Waals surface area contributed by atoms with E-state index in [1.54, 1.807) is 4.68 Å². The van der Waals surface area contributed by atoms with Gasteiger partial charge in [-0.2, -0.15) is 5.10 Å². The number of primary amides is 1. The molecule has 4 N–H and O–H groups in total. The molecule has 1 fully saturated rings. The van der Waals surface area contributed by atoms with Gasteiger partial charge in [0.1, 0.15) is 10.7 Å². The van der Waals surface area contributed by atoms with E-state index >= 15 is 0 Å². The second-order valence-corrected chi connectivity index (χ2v) is 5.31. The van der Waals surface area contributed by atoms with Crippen molar-refractivity contribution in [1.82, 2.24) is 15.1 Å². The van der Waals surface area contributed by atoms with Crippen molar-refractivity contribution in [3.05, 3.63) is 41.0 Å². The predicted octanol–water partition coefficient (Wildman–Crippen LogP) is 3.28. The number of amides is 2. The third-order valence-corrected chi connectivity index (χ3v) is 3.86. The van der Waals surface area contributed by atoms with Crippen molar-refractivity contribution in [1.29, 1.82) is 0 Å². The molecule has 0 spiro atoms. The number of urea groups is 1. The number of aromatic nitrogens is 2. The molecule has 2 aromatic rings. The Morgan fingerprint density at radius 1 is 1.35 bits per heavy atom. The van der Waals surface area contributed by atoms with Gasteiger partial charge in [-0.1, -0.05) is 29.8 Å². The molecule has 1 aliphatic heterocycles. The molecule has 0 bridgehead atoms. The lowest BCUT2D eigenvalue weighted by Gasteiger charge is -2.07. The van der Waals surface area contributed by atoms with E-state index in [1.165, 1.54) is 0 Å². The number of benzene rings is 1. The van der Waals surface area contributed by atoms with E-state index in [2.05, 4.69) is 15.7 Å². The molecule has 1 aromatic carbocycles. The van der Waals surface area contributed by atoms with Crippen molar-refractivity contribution < 1.29 is 4.79 Å². The Labute approximate surface area is 151 Å².